The van der Waals surface area contributed by atoms with Gasteiger partial charge in [0.15, 0.2) is 0 Å². The molecule has 0 bridgehead atoms. The minimum atomic E-state index is -0.225. The lowest BCUT2D eigenvalue weighted by Crippen LogP contribution is -2.39. The molecule has 182 valence electrons. The van der Waals surface area contributed by atoms with Gasteiger partial charge in [0.2, 0.25) is 0 Å². The fourth-order valence-electron chi connectivity index (χ4n) is 4.45. The van der Waals surface area contributed by atoms with E-state index in [-0.39, 0.29) is 17.9 Å². The smallest absolute Gasteiger partial charge is 0.251 e. The first-order valence-corrected chi connectivity index (χ1v) is 11.9. The van der Waals surface area contributed by atoms with Crippen LogP contribution in [-0.4, -0.2) is 32.4 Å². The van der Waals surface area contributed by atoms with Crippen molar-refractivity contribution in [1.82, 2.24) is 19.9 Å². The number of hydrogen-bond acceptors (Lipinski definition) is 5. The van der Waals surface area contributed by atoms with Crippen LogP contribution >= 0.6 is 0 Å². The van der Waals surface area contributed by atoms with Crippen LogP contribution in [0.25, 0.3) is 33.4 Å². The van der Waals surface area contributed by atoms with Crippen LogP contribution in [0, 0.1) is 0 Å². The molecule has 36 heavy (non-hydrogen) atoms. The molecule has 0 radical (unpaired) electrons. The SMILES string of the molecule is C=C(C)C(=O)Nc1ccc(-c2c(-c3ccc(C(=O)NC4CCC4)cc3)c3c(N)ncnc3n2C)cc1. The third kappa shape index (κ3) is 4.22. The second kappa shape index (κ2) is 9.30. The minimum absolute atomic E-state index is 0.0559. The molecule has 1 aliphatic rings. The minimum Gasteiger partial charge on any atom is -0.383 e. The van der Waals surface area contributed by atoms with Gasteiger partial charge < -0.3 is 20.9 Å². The molecule has 5 rings (SSSR count). The van der Waals surface area contributed by atoms with Crippen molar-refractivity contribution in [1.29, 1.82) is 0 Å². The molecule has 1 aliphatic carbocycles. The predicted molar refractivity (Wildman–Crippen MR) is 142 cm³/mol. The third-order valence-corrected chi connectivity index (χ3v) is 6.68. The van der Waals surface area contributed by atoms with Crippen molar-refractivity contribution in [2.75, 3.05) is 11.1 Å². The van der Waals surface area contributed by atoms with Gasteiger partial charge in [0.25, 0.3) is 11.8 Å². The molecular weight excluding hydrogens is 452 g/mol. The second-order valence-electron chi connectivity index (χ2n) is 9.23. The van der Waals surface area contributed by atoms with Gasteiger partial charge in [-0.1, -0.05) is 30.8 Å². The summed E-state index contributed by atoms with van der Waals surface area (Å²) in [6.45, 7) is 5.34. The summed E-state index contributed by atoms with van der Waals surface area (Å²) in [6, 6.07) is 15.4. The van der Waals surface area contributed by atoms with E-state index in [9.17, 15) is 9.59 Å². The van der Waals surface area contributed by atoms with Crippen molar-refractivity contribution < 1.29 is 9.59 Å². The molecule has 0 atom stereocenters. The summed E-state index contributed by atoms with van der Waals surface area (Å²) in [5, 5.41) is 6.66. The second-order valence-corrected chi connectivity index (χ2v) is 9.23. The number of carbonyl (C=O) groups is 2. The van der Waals surface area contributed by atoms with Crippen LogP contribution in [0.1, 0.15) is 36.5 Å². The largest absolute Gasteiger partial charge is 0.383 e. The first-order chi connectivity index (χ1) is 17.3. The average Bonchev–Trinajstić information content (AvgIpc) is 3.15. The van der Waals surface area contributed by atoms with E-state index in [2.05, 4.69) is 27.2 Å². The van der Waals surface area contributed by atoms with Crippen LogP contribution in [0.15, 0.2) is 67.0 Å². The summed E-state index contributed by atoms with van der Waals surface area (Å²) < 4.78 is 1.99. The number of aryl methyl sites for hydroxylation is 1. The van der Waals surface area contributed by atoms with Gasteiger partial charge in [-0.3, -0.25) is 9.59 Å². The van der Waals surface area contributed by atoms with Crippen LogP contribution in [0.3, 0.4) is 0 Å². The number of nitrogens with two attached hydrogens (primary N) is 1. The first kappa shape index (κ1) is 23.3. The molecule has 8 nitrogen and oxygen atoms in total. The van der Waals surface area contributed by atoms with Gasteiger partial charge in [0, 0.05) is 35.5 Å². The number of fused-ring (bicyclic) bond motifs is 1. The van der Waals surface area contributed by atoms with Gasteiger partial charge in [-0.15, -0.1) is 0 Å². The first-order valence-electron chi connectivity index (χ1n) is 11.9. The Kier molecular flexibility index (Phi) is 6.01. The Hall–Kier alpha value is -4.46. The molecule has 2 aromatic heterocycles. The van der Waals surface area contributed by atoms with E-state index in [4.69, 9.17) is 5.73 Å². The standard InChI is InChI=1S/C28H28N6O2/c1-16(2)27(35)32-21-13-11-18(12-14-21)24-22(23-25(29)30-15-31-26(23)34(24)3)17-7-9-19(10-8-17)28(36)33-20-5-4-6-20/h7-15,20H,1,4-6H2,2-3H3,(H,32,35)(H,33,36)(H2,29,30,31). The Balaban J connectivity index is 1.57. The Morgan fingerprint density at radius 1 is 1.03 bits per heavy atom. The van der Waals surface area contributed by atoms with Crippen molar-refractivity contribution in [3.05, 3.63) is 72.6 Å². The van der Waals surface area contributed by atoms with Gasteiger partial charge in [-0.25, -0.2) is 9.97 Å². The molecule has 8 heteroatoms. The zero-order valence-electron chi connectivity index (χ0n) is 20.3. The third-order valence-electron chi connectivity index (χ3n) is 6.68. The number of nitrogen functional groups attached to an aromatic ring is 1. The fourth-order valence-corrected chi connectivity index (χ4v) is 4.45. The Morgan fingerprint density at radius 2 is 1.69 bits per heavy atom. The summed E-state index contributed by atoms with van der Waals surface area (Å²) >= 11 is 0. The molecule has 0 unspecified atom stereocenters. The molecule has 4 aromatic rings. The molecule has 1 saturated carbocycles. The highest BCUT2D eigenvalue weighted by atomic mass is 16.2. The molecule has 2 aromatic carbocycles. The van der Waals surface area contributed by atoms with E-state index in [0.717, 1.165) is 40.6 Å². The number of anilines is 2. The van der Waals surface area contributed by atoms with E-state index in [1.807, 2.05) is 60.1 Å². The van der Waals surface area contributed by atoms with E-state index < -0.39 is 0 Å². The highest BCUT2D eigenvalue weighted by molar-refractivity contribution is 6.08. The summed E-state index contributed by atoms with van der Waals surface area (Å²) in [6.07, 6.45) is 4.70. The van der Waals surface area contributed by atoms with Crippen LogP contribution in [0.5, 0.6) is 0 Å². The van der Waals surface area contributed by atoms with Gasteiger partial charge in [-0.2, -0.15) is 0 Å². The van der Waals surface area contributed by atoms with Crippen LogP contribution in [0.4, 0.5) is 11.5 Å². The van der Waals surface area contributed by atoms with Crippen LogP contribution < -0.4 is 16.4 Å². The molecule has 0 spiro atoms. The highest BCUT2D eigenvalue weighted by Gasteiger charge is 2.23. The number of nitrogens with zero attached hydrogens (tertiary/aromatic N) is 3. The number of benzene rings is 2. The molecule has 1 fully saturated rings. The molecular formula is C28H28N6O2. The van der Waals surface area contributed by atoms with E-state index in [1.165, 1.54) is 12.7 Å². The average molecular weight is 481 g/mol. The van der Waals surface area contributed by atoms with E-state index >= 15 is 0 Å². The lowest BCUT2D eigenvalue weighted by molar-refractivity contribution is -0.112. The van der Waals surface area contributed by atoms with Gasteiger partial charge in [-0.05, 0) is 61.6 Å². The highest BCUT2D eigenvalue weighted by Crippen LogP contribution is 2.41. The summed E-state index contributed by atoms with van der Waals surface area (Å²) in [7, 11) is 1.94. The Morgan fingerprint density at radius 3 is 2.31 bits per heavy atom. The van der Waals surface area contributed by atoms with E-state index in [1.54, 1.807) is 6.92 Å². The monoisotopic (exact) mass is 480 g/mol. The number of hydrogen-bond donors (Lipinski definition) is 3. The molecule has 0 aliphatic heterocycles. The normalized spacial score (nSPS) is 13.3. The molecule has 2 amide bonds. The van der Waals surface area contributed by atoms with Crippen molar-refractivity contribution >= 4 is 34.4 Å². The Bertz CT molecular complexity index is 1480. The van der Waals surface area contributed by atoms with Crippen molar-refractivity contribution in [2.24, 2.45) is 7.05 Å². The maximum atomic E-state index is 12.6. The maximum Gasteiger partial charge on any atom is 0.251 e. The zero-order chi connectivity index (χ0) is 25.4. The summed E-state index contributed by atoms with van der Waals surface area (Å²) in [5.74, 6) is 0.103. The fraction of sp³-hybridized carbons (Fsp3) is 0.214. The lowest BCUT2D eigenvalue weighted by Gasteiger charge is -2.26. The van der Waals surface area contributed by atoms with Crippen molar-refractivity contribution in [2.45, 2.75) is 32.2 Å². The molecule has 4 N–H and O–H groups in total. The van der Waals surface area contributed by atoms with Crippen LogP contribution in [-0.2, 0) is 11.8 Å². The maximum absolute atomic E-state index is 12.6. The number of amides is 2. The predicted octanol–water partition coefficient (Wildman–Crippen LogP) is 4.68. The van der Waals surface area contributed by atoms with Gasteiger partial charge in [0.05, 0.1) is 11.1 Å². The molecule has 0 saturated heterocycles. The zero-order valence-corrected chi connectivity index (χ0v) is 20.3. The number of nitrogens with one attached hydrogen (secondary N) is 2. The quantitative estimate of drug-likeness (QED) is 0.347. The number of carbonyl (C=O) groups excluding carboxylic acids is 2. The van der Waals surface area contributed by atoms with E-state index in [0.29, 0.717) is 28.3 Å². The topological polar surface area (TPSA) is 115 Å². The Labute approximate surface area is 209 Å². The van der Waals surface area contributed by atoms with Crippen molar-refractivity contribution in [3.8, 4) is 22.4 Å². The number of rotatable bonds is 6. The van der Waals surface area contributed by atoms with Crippen molar-refractivity contribution in [3.63, 3.8) is 0 Å². The van der Waals surface area contributed by atoms with Crippen LogP contribution in [0.2, 0.25) is 0 Å². The lowest BCUT2D eigenvalue weighted by atomic mass is 9.92. The molecule has 2 heterocycles. The van der Waals surface area contributed by atoms with Gasteiger partial charge in [0.1, 0.15) is 17.8 Å². The van der Waals surface area contributed by atoms with Gasteiger partial charge >= 0.3 is 0 Å². The summed E-state index contributed by atoms with van der Waals surface area (Å²) in [4.78, 5) is 33.3. The summed E-state index contributed by atoms with van der Waals surface area (Å²) in [5.41, 5.74) is 12.4. The number of aromatic nitrogens is 3.